The van der Waals surface area contributed by atoms with E-state index in [-0.39, 0.29) is 17.2 Å². The highest BCUT2D eigenvalue weighted by molar-refractivity contribution is 5.82. The van der Waals surface area contributed by atoms with Gasteiger partial charge in [0.15, 0.2) is 0 Å². The third-order valence-electron chi connectivity index (χ3n) is 3.30. The molecule has 0 radical (unpaired) electrons. The minimum atomic E-state index is -0.806. The largest absolute Gasteiger partial charge is 0.505 e. The molecule has 0 saturated heterocycles. The van der Waals surface area contributed by atoms with Crippen molar-refractivity contribution in [3.63, 3.8) is 0 Å². The van der Waals surface area contributed by atoms with Crippen molar-refractivity contribution in [2.45, 2.75) is 19.4 Å². The first-order valence-corrected chi connectivity index (χ1v) is 6.39. The van der Waals surface area contributed by atoms with Gasteiger partial charge in [-0.3, -0.25) is 0 Å². The second-order valence-electron chi connectivity index (χ2n) is 5.07. The van der Waals surface area contributed by atoms with Gasteiger partial charge in [-0.05, 0) is 31.5 Å². The minimum absolute atomic E-state index is 0.0496. The van der Waals surface area contributed by atoms with E-state index in [0.29, 0.717) is 5.57 Å². The average molecular weight is 285 g/mol. The number of ether oxygens (including phenoxy) is 1. The first-order valence-electron chi connectivity index (χ1n) is 6.39. The number of allylic oxidation sites excluding steroid dienone is 1. The number of terminal acetylenes is 1. The van der Waals surface area contributed by atoms with Crippen molar-refractivity contribution in [2.75, 3.05) is 0 Å². The van der Waals surface area contributed by atoms with E-state index in [9.17, 15) is 0 Å². The highest BCUT2D eigenvalue weighted by Crippen LogP contribution is 2.45. The quantitative estimate of drug-likeness (QED) is 0.448. The SMILES string of the molecule is [C-]#[N+]C1=C(c2ccc(C#C)cc2)C(C)(C)O/C1=C(\C#N)[N+]#[C-]. The van der Waals surface area contributed by atoms with Crippen LogP contribution in [0.25, 0.3) is 15.3 Å². The highest BCUT2D eigenvalue weighted by atomic mass is 16.5. The molecule has 1 aromatic carbocycles. The molecular formula is C18H11N3O. The van der Waals surface area contributed by atoms with Gasteiger partial charge in [0.25, 0.3) is 5.70 Å². The first kappa shape index (κ1) is 14.9. The van der Waals surface area contributed by atoms with E-state index in [4.69, 9.17) is 29.6 Å². The molecular weight excluding hydrogens is 274 g/mol. The molecule has 0 atom stereocenters. The fourth-order valence-corrected chi connectivity index (χ4v) is 2.36. The third kappa shape index (κ3) is 2.31. The summed E-state index contributed by atoms with van der Waals surface area (Å²) in [6.07, 6.45) is 5.35. The maximum atomic E-state index is 9.05. The van der Waals surface area contributed by atoms with Gasteiger partial charge in [0.1, 0.15) is 11.4 Å². The lowest BCUT2D eigenvalue weighted by atomic mass is 9.90. The molecule has 104 valence electrons. The zero-order chi connectivity index (χ0) is 16.3. The van der Waals surface area contributed by atoms with Crippen LogP contribution in [0.1, 0.15) is 25.0 Å². The molecule has 0 aromatic heterocycles. The van der Waals surface area contributed by atoms with Gasteiger partial charge >= 0.3 is 0 Å². The van der Waals surface area contributed by atoms with Crippen molar-refractivity contribution >= 4 is 5.57 Å². The molecule has 0 fully saturated rings. The molecule has 0 aliphatic carbocycles. The van der Waals surface area contributed by atoms with Gasteiger partial charge in [-0.15, -0.1) is 6.42 Å². The van der Waals surface area contributed by atoms with E-state index in [1.165, 1.54) is 0 Å². The van der Waals surface area contributed by atoms with Crippen LogP contribution in [0.15, 0.2) is 41.4 Å². The summed E-state index contributed by atoms with van der Waals surface area (Å²) in [6.45, 7) is 18.1. The standard InChI is InChI=1S/C18H11N3O/c1-6-12-7-9-13(10-8-12)15-16(21-5)17(14(11-19)20-4)22-18(15,2)3/h1,7-10H,2-3H3/b17-14+. The van der Waals surface area contributed by atoms with E-state index in [1.807, 2.05) is 12.1 Å². The number of hydrogen-bond acceptors (Lipinski definition) is 2. The molecule has 1 aliphatic heterocycles. The van der Waals surface area contributed by atoms with E-state index in [0.717, 1.165) is 11.1 Å². The number of hydrogen-bond donors (Lipinski definition) is 0. The maximum absolute atomic E-state index is 9.05. The normalized spacial score (nSPS) is 17.5. The molecule has 1 aromatic rings. The lowest BCUT2D eigenvalue weighted by Crippen LogP contribution is -2.20. The Kier molecular flexibility index (Phi) is 3.73. The molecule has 0 unspecified atom stereocenters. The van der Waals surface area contributed by atoms with Crippen molar-refractivity contribution in [1.29, 1.82) is 5.26 Å². The van der Waals surface area contributed by atoms with Gasteiger partial charge in [0, 0.05) is 11.1 Å². The van der Waals surface area contributed by atoms with Crippen molar-refractivity contribution in [1.82, 2.24) is 0 Å². The summed E-state index contributed by atoms with van der Waals surface area (Å²) in [5.74, 6) is 2.59. The lowest BCUT2D eigenvalue weighted by Gasteiger charge is -2.24. The summed E-state index contributed by atoms with van der Waals surface area (Å²) in [6, 6.07) is 8.97. The Morgan fingerprint density at radius 3 is 2.36 bits per heavy atom. The molecule has 4 heteroatoms. The Labute approximate surface area is 129 Å². The van der Waals surface area contributed by atoms with Crippen LogP contribution in [0.4, 0.5) is 0 Å². The summed E-state index contributed by atoms with van der Waals surface area (Å²) in [7, 11) is 0. The summed E-state index contributed by atoms with van der Waals surface area (Å²) >= 11 is 0. The summed E-state index contributed by atoms with van der Waals surface area (Å²) in [5, 5.41) is 9.05. The Bertz CT molecular complexity index is 841. The van der Waals surface area contributed by atoms with E-state index in [1.54, 1.807) is 32.0 Å². The Morgan fingerprint density at radius 1 is 1.27 bits per heavy atom. The van der Waals surface area contributed by atoms with Crippen LogP contribution in [0.2, 0.25) is 0 Å². The molecule has 0 saturated carbocycles. The molecule has 1 aliphatic rings. The Balaban J connectivity index is 2.75. The third-order valence-corrected chi connectivity index (χ3v) is 3.30. The second kappa shape index (κ2) is 5.49. The molecule has 0 N–H and O–H groups in total. The Hall–Kier alpha value is -3.47. The summed E-state index contributed by atoms with van der Waals surface area (Å²) in [5.41, 5.74) is 1.35. The smallest absolute Gasteiger partial charge is 0.292 e. The number of nitrogens with zero attached hydrogens (tertiary/aromatic N) is 3. The van der Waals surface area contributed by atoms with Gasteiger partial charge in [0.05, 0.1) is 19.2 Å². The maximum Gasteiger partial charge on any atom is 0.292 e. The predicted molar refractivity (Wildman–Crippen MR) is 82.3 cm³/mol. The van der Waals surface area contributed by atoms with Crippen LogP contribution in [0, 0.1) is 36.8 Å². The van der Waals surface area contributed by atoms with Gasteiger partial charge in [-0.1, -0.05) is 18.1 Å². The van der Waals surface area contributed by atoms with Crippen molar-refractivity contribution < 1.29 is 4.74 Å². The molecule has 0 amide bonds. The molecule has 2 rings (SSSR count). The van der Waals surface area contributed by atoms with E-state index >= 15 is 0 Å². The summed E-state index contributed by atoms with van der Waals surface area (Å²) < 4.78 is 5.74. The van der Waals surface area contributed by atoms with Crippen LogP contribution < -0.4 is 0 Å². The van der Waals surface area contributed by atoms with Gasteiger partial charge in [-0.25, -0.2) is 15.0 Å². The lowest BCUT2D eigenvalue weighted by molar-refractivity contribution is 0.109. The van der Waals surface area contributed by atoms with Crippen molar-refractivity contribution in [2.24, 2.45) is 0 Å². The van der Waals surface area contributed by atoms with Crippen LogP contribution >= 0.6 is 0 Å². The molecule has 4 nitrogen and oxygen atoms in total. The molecule has 0 bridgehead atoms. The first-order chi connectivity index (χ1) is 10.5. The number of benzene rings is 1. The second-order valence-corrected chi connectivity index (χ2v) is 5.07. The minimum Gasteiger partial charge on any atom is -0.505 e. The monoisotopic (exact) mass is 285 g/mol. The zero-order valence-electron chi connectivity index (χ0n) is 12.1. The van der Waals surface area contributed by atoms with Crippen LogP contribution in [0.5, 0.6) is 0 Å². The topological polar surface area (TPSA) is 41.7 Å². The highest BCUT2D eigenvalue weighted by Gasteiger charge is 2.40. The predicted octanol–water partition coefficient (Wildman–Crippen LogP) is 3.76. The molecule has 1 heterocycles. The van der Waals surface area contributed by atoms with Gasteiger partial charge < -0.3 is 4.74 Å². The van der Waals surface area contributed by atoms with Crippen molar-refractivity contribution in [3.05, 3.63) is 75.4 Å². The van der Waals surface area contributed by atoms with Crippen LogP contribution in [-0.4, -0.2) is 5.60 Å². The van der Waals surface area contributed by atoms with Gasteiger partial charge in [-0.2, -0.15) is 0 Å². The van der Waals surface area contributed by atoms with E-state index in [2.05, 4.69) is 15.6 Å². The average Bonchev–Trinajstić information content (AvgIpc) is 2.79. The summed E-state index contributed by atoms with van der Waals surface area (Å²) in [4.78, 5) is 6.64. The molecule has 22 heavy (non-hydrogen) atoms. The fourth-order valence-electron chi connectivity index (χ4n) is 2.36. The van der Waals surface area contributed by atoms with Crippen LogP contribution in [-0.2, 0) is 4.74 Å². The number of rotatable bonds is 1. The van der Waals surface area contributed by atoms with E-state index < -0.39 is 5.60 Å². The van der Waals surface area contributed by atoms with Crippen molar-refractivity contribution in [3.8, 4) is 18.4 Å². The van der Waals surface area contributed by atoms with Gasteiger partial charge in [0.2, 0.25) is 5.70 Å². The Morgan fingerprint density at radius 2 is 1.91 bits per heavy atom. The fraction of sp³-hybridized carbons (Fsp3) is 0.167. The van der Waals surface area contributed by atoms with Crippen LogP contribution in [0.3, 0.4) is 0 Å². The zero-order valence-corrected chi connectivity index (χ0v) is 12.1. The number of nitriles is 1. The molecule has 0 spiro atoms.